The van der Waals surface area contributed by atoms with E-state index in [1.54, 1.807) is 25.3 Å². The van der Waals surface area contributed by atoms with Gasteiger partial charge in [-0.25, -0.2) is 9.37 Å². The van der Waals surface area contributed by atoms with E-state index in [0.29, 0.717) is 30.1 Å². The third-order valence-corrected chi connectivity index (χ3v) is 4.24. The molecule has 7 heteroatoms. The number of hydrogen-bond acceptors (Lipinski definition) is 4. The number of hydrogen-bond donors (Lipinski definition) is 1. The normalized spacial score (nSPS) is 10.5. The minimum absolute atomic E-state index is 0.159. The highest BCUT2D eigenvalue weighted by atomic mass is 19.1. The summed E-state index contributed by atoms with van der Waals surface area (Å²) >= 11 is 0. The number of ether oxygens (including phenoxy) is 1. The van der Waals surface area contributed by atoms with Crippen molar-refractivity contribution in [2.24, 2.45) is 0 Å². The average molecular weight is 381 g/mol. The summed E-state index contributed by atoms with van der Waals surface area (Å²) in [5.74, 6) is 0.156. The number of methoxy groups -OCH3 is 1. The van der Waals surface area contributed by atoms with Crippen molar-refractivity contribution in [2.45, 2.75) is 13.0 Å². The van der Waals surface area contributed by atoms with Gasteiger partial charge < -0.3 is 10.1 Å². The lowest BCUT2D eigenvalue weighted by Crippen LogP contribution is -2.31. The van der Waals surface area contributed by atoms with E-state index in [1.165, 1.54) is 29.1 Å². The fraction of sp³-hybridized carbons (Fsp3) is 0.190. The van der Waals surface area contributed by atoms with Crippen LogP contribution in [0.25, 0.3) is 11.3 Å². The summed E-state index contributed by atoms with van der Waals surface area (Å²) in [4.78, 5) is 28.6. The van der Waals surface area contributed by atoms with Gasteiger partial charge >= 0.3 is 0 Å². The number of benzene rings is 2. The van der Waals surface area contributed by atoms with Crippen LogP contribution in [0.2, 0.25) is 0 Å². The first kappa shape index (κ1) is 19.3. The van der Waals surface area contributed by atoms with E-state index in [4.69, 9.17) is 4.74 Å². The summed E-state index contributed by atoms with van der Waals surface area (Å²) in [5.41, 5.74) is 1.69. The van der Waals surface area contributed by atoms with E-state index in [1.807, 2.05) is 18.2 Å². The second-order valence-corrected chi connectivity index (χ2v) is 6.15. The zero-order valence-electron chi connectivity index (χ0n) is 15.4. The molecule has 0 saturated carbocycles. The third kappa shape index (κ3) is 4.82. The Morgan fingerprint density at radius 2 is 1.93 bits per heavy atom. The first-order valence-electron chi connectivity index (χ1n) is 8.78. The number of carbonyl (C=O) groups excluding carboxylic acids is 1. The second-order valence-electron chi connectivity index (χ2n) is 6.15. The molecule has 1 heterocycles. The smallest absolute Gasteiger partial charge is 0.253 e. The molecule has 0 atom stereocenters. The topological polar surface area (TPSA) is 73.2 Å². The van der Waals surface area contributed by atoms with Crippen LogP contribution in [0.1, 0.15) is 5.56 Å². The van der Waals surface area contributed by atoms with Gasteiger partial charge in [-0.3, -0.25) is 14.2 Å². The van der Waals surface area contributed by atoms with E-state index in [9.17, 15) is 14.0 Å². The average Bonchev–Trinajstić information content (AvgIpc) is 2.70. The molecule has 0 saturated heterocycles. The molecule has 3 aromatic rings. The van der Waals surface area contributed by atoms with Gasteiger partial charge in [0.05, 0.1) is 25.6 Å². The van der Waals surface area contributed by atoms with Crippen LogP contribution in [0.3, 0.4) is 0 Å². The van der Waals surface area contributed by atoms with Crippen molar-refractivity contribution in [3.05, 3.63) is 82.7 Å². The van der Waals surface area contributed by atoms with Crippen molar-refractivity contribution in [2.75, 3.05) is 13.7 Å². The molecule has 6 nitrogen and oxygen atoms in total. The van der Waals surface area contributed by atoms with Crippen LogP contribution in [0.4, 0.5) is 4.39 Å². The van der Waals surface area contributed by atoms with E-state index in [0.717, 1.165) is 5.56 Å². The Morgan fingerprint density at radius 3 is 2.64 bits per heavy atom. The van der Waals surface area contributed by atoms with Gasteiger partial charge in [0.15, 0.2) is 0 Å². The molecule has 0 aliphatic rings. The summed E-state index contributed by atoms with van der Waals surface area (Å²) in [6.45, 7) is 0.596. The summed E-state index contributed by atoms with van der Waals surface area (Å²) in [5, 5.41) is 2.79. The predicted molar refractivity (Wildman–Crippen MR) is 104 cm³/mol. The maximum Gasteiger partial charge on any atom is 0.253 e. The molecule has 28 heavy (non-hydrogen) atoms. The Labute approximate surface area is 161 Å². The fourth-order valence-corrected chi connectivity index (χ4v) is 2.77. The van der Waals surface area contributed by atoms with Crippen LogP contribution in [0.15, 0.2) is 65.7 Å². The van der Waals surface area contributed by atoms with Gasteiger partial charge in [0.2, 0.25) is 5.91 Å². The van der Waals surface area contributed by atoms with Gasteiger partial charge in [-0.15, -0.1) is 0 Å². The van der Waals surface area contributed by atoms with Gasteiger partial charge in [-0.05, 0) is 30.3 Å². The van der Waals surface area contributed by atoms with Gasteiger partial charge in [0.25, 0.3) is 5.56 Å². The van der Waals surface area contributed by atoms with Gasteiger partial charge in [0, 0.05) is 30.3 Å². The number of amides is 1. The summed E-state index contributed by atoms with van der Waals surface area (Å²) in [6, 6.07) is 14.5. The Bertz CT molecular complexity index is 1020. The maximum atomic E-state index is 13.0. The van der Waals surface area contributed by atoms with Crippen LogP contribution in [0.5, 0.6) is 5.75 Å². The number of carbonyl (C=O) groups is 1. The summed E-state index contributed by atoms with van der Waals surface area (Å²) in [6.07, 6.45) is 1.62. The van der Waals surface area contributed by atoms with Crippen molar-refractivity contribution in [1.29, 1.82) is 0 Å². The molecular formula is C21H20FN3O3. The van der Waals surface area contributed by atoms with Crippen LogP contribution in [-0.4, -0.2) is 29.1 Å². The molecule has 3 rings (SSSR count). The Balaban J connectivity index is 1.56. The largest absolute Gasteiger partial charge is 0.496 e. The molecular weight excluding hydrogens is 361 g/mol. The van der Waals surface area contributed by atoms with Gasteiger partial charge in [-0.2, -0.15) is 0 Å². The molecule has 0 aliphatic carbocycles. The Morgan fingerprint density at radius 1 is 1.18 bits per heavy atom. The number of para-hydroxylation sites is 1. The molecule has 144 valence electrons. The highest BCUT2D eigenvalue weighted by molar-refractivity contribution is 5.79. The monoisotopic (exact) mass is 381 g/mol. The lowest BCUT2D eigenvalue weighted by Gasteiger charge is -2.10. The molecule has 0 fully saturated rings. The fourth-order valence-electron chi connectivity index (χ4n) is 2.77. The van der Waals surface area contributed by atoms with Crippen molar-refractivity contribution < 1.29 is 13.9 Å². The molecule has 0 unspecified atom stereocenters. The minimum Gasteiger partial charge on any atom is -0.496 e. The van der Waals surface area contributed by atoms with Crippen molar-refractivity contribution in [1.82, 2.24) is 14.9 Å². The van der Waals surface area contributed by atoms with Gasteiger partial charge in [-0.1, -0.05) is 18.2 Å². The maximum absolute atomic E-state index is 13.0. The molecule has 0 aliphatic heterocycles. The summed E-state index contributed by atoms with van der Waals surface area (Å²) < 4.78 is 19.7. The number of aromatic nitrogens is 2. The highest BCUT2D eigenvalue weighted by Gasteiger charge is 2.08. The first-order valence-corrected chi connectivity index (χ1v) is 8.78. The SMILES string of the molecule is COc1ccccc1CC(=O)NCCn1cnc(-c2ccc(F)cc2)cc1=O. The first-order chi connectivity index (χ1) is 13.6. The lowest BCUT2D eigenvalue weighted by molar-refractivity contribution is -0.120. The van der Waals surface area contributed by atoms with Crippen molar-refractivity contribution in [3.8, 4) is 17.0 Å². The molecule has 1 amide bonds. The van der Waals surface area contributed by atoms with Crippen LogP contribution in [-0.2, 0) is 17.8 Å². The van der Waals surface area contributed by atoms with E-state index >= 15 is 0 Å². The molecule has 0 bridgehead atoms. The molecule has 0 spiro atoms. The molecule has 1 N–H and O–H groups in total. The number of rotatable bonds is 7. The van der Waals surface area contributed by atoms with Crippen LogP contribution >= 0.6 is 0 Å². The number of nitrogens with one attached hydrogen (secondary N) is 1. The van der Waals surface area contributed by atoms with Crippen molar-refractivity contribution in [3.63, 3.8) is 0 Å². The zero-order chi connectivity index (χ0) is 19.9. The number of nitrogens with zero attached hydrogens (tertiary/aromatic N) is 2. The highest BCUT2D eigenvalue weighted by Crippen LogP contribution is 2.17. The van der Waals surface area contributed by atoms with Crippen LogP contribution < -0.4 is 15.6 Å². The quantitative estimate of drug-likeness (QED) is 0.682. The van der Waals surface area contributed by atoms with Crippen LogP contribution in [0, 0.1) is 5.82 Å². The number of halogens is 1. The van der Waals surface area contributed by atoms with E-state index in [-0.39, 0.29) is 23.7 Å². The van der Waals surface area contributed by atoms with Crippen molar-refractivity contribution >= 4 is 5.91 Å². The Hall–Kier alpha value is -3.48. The van der Waals surface area contributed by atoms with Gasteiger partial charge in [0.1, 0.15) is 11.6 Å². The summed E-state index contributed by atoms with van der Waals surface area (Å²) in [7, 11) is 1.56. The minimum atomic E-state index is -0.346. The Kier molecular flexibility index (Phi) is 6.16. The van der Waals surface area contributed by atoms with E-state index < -0.39 is 0 Å². The predicted octanol–water partition coefficient (Wildman–Crippen LogP) is 2.42. The molecule has 1 aromatic heterocycles. The zero-order valence-corrected chi connectivity index (χ0v) is 15.4. The third-order valence-electron chi connectivity index (χ3n) is 4.24. The molecule has 0 radical (unpaired) electrons. The second kappa shape index (κ2) is 8.94. The molecule has 2 aromatic carbocycles. The van der Waals surface area contributed by atoms with E-state index in [2.05, 4.69) is 10.3 Å². The standard InChI is InChI=1S/C21H20FN3O3/c1-28-19-5-3-2-4-16(19)12-20(26)23-10-11-25-14-24-18(13-21(25)27)15-6-8-17(22)9-7-15/h2-9,13-14H,10-12H2,1H3,(H,23,26). The lowest BCUT2D eigenvalue weighted by atomic mass is 10.1.